The number of anilines is 1. The highest BCUT2D eigenvalue weighted by atomic mass is 15.2. The normalized spacial score (nSPS) is 21.9. The average Bonchev–Trinajstić information content (AvgIpc) is 2.56. The average molecular weight is 302 g/mol. The Morgan fingerprint density at radius 1 is 1.09 bits per heavy atom. The minimum atomic E-state index is 0.568. The summed E-state index contributed by atoms with van der Waals surface area (Å²) in [6.45, 7) is 6.62. The number of rotatable bonds is 4. The van der Waals surface area contributed by atoms with Crippen molar-refractivity contribution in [1.29, 1.82) is 0 Å². The molecule has 3 rings (SSSR count). The molecule has 2 aliphatic rings. The number of nitrogens with one attached hydrogen (secondary N) is 1. The third-order valence-electron chi connectivity index (χ3n) is 5.23. The lowest BCUT2D eigenvalue weighted by Crippen LogP contribution is -2.45. The van der Waals surface area contributed by atoms with Crippen LogP contribution in [-0.2, 0) is 6.42 Å². The van der Waals surface area contributed by atoms with Gasteiger partial charge in [0.05, 0.1) is 0 Å². The fourth-order valence-electron chi connectivity index (χ4n) is 3.95. The van der Waals surface area contributed by atoms with Crippen molar-refractivity contribution in [3.8, 4) is 0 Å². The Hall–Kier alpha value is -1.16. The van der Waals surface area contributed by atoms with Gasteiger partial charge in [0.25, 0.3) is 0 Å². The molecule has 1 aliphatic heterocycles. The van der Waals surface area contributed by atoms with Gasteiger partial charge in [0.1, 0.15) is 11.6 Å². The van der Waals surface area contributed by atoms with E-state index in [0.29, 0.717) is 6.04 Å². The Labute approximate surface area is 134 Å². The second-order valence-electron chi connectivity index (χ2n) is 6.89. The predicted octanol–water partition coefficient (Wildman–Crippen LogP) is 3.56. The van der Waals surface area contributed by atoms with Crippen molar-refractivity contribution >= 4 is 5.82 Å². The number of aryl methyl sites for hydroxylation is 2. The molecule has 0 aromatic carbocycles. The van der Waals surface area contributed by atoms with Gasteiger partial charge in [-0.1, -0.05) is 26.2 Å². The van der Waals surface area contributed by atoms with Gasteiger partial charge in [-0.2, -0.15) is 0 Å². The molecule has 1 aromatic heterocycles. The standard InChI is InChI=1S/C18H30N4/c1-3-15-13-18(20-14(2)19-15)21-16-9-11-22(12-10-16)17-7-5-4-6-8-17/h13,16-17H,3-12H2,1-2H3,(H,19,20,21). The van der Waals surface area contributed by atoms with Crippen molar-refractivity contribution in [2.75, 3.05) is 18.4 Å². The van der Waals surface area contributed by atoms with Crippen LogP contribution in [0.2, 0.25) is 0 Å². The summed E-state index contributed by atoms with van der Waals surface area (Å²) in [6.07, 6.45) is 10.6. The second-order valence-corrected chi connectivity index (χ2v) is 6.89. The molecule has 4 nitrogen and oxygen atoms in total. The van der Waals surface area contributed by atoms with Gasteiger partial charge in [0, 0.05) is 36.9 Å². The molecule has 0 radical (unpaired) electrons. The predicted molar refractivity (Wildman–Crippen MR) is 91.2 cm³/mol. The minimum absolute atomic E-state index is 0.568. The van der Waals surface area contributed by atoms with Gasteiger partial charge >= 0.3 is 0 Å². The number of nitrogens with zero attached hydrogens (tertiary/aromatic N) is 3. The SMILES string of the molecule is CCc1cc(NC2CCN(C3CCCCC3)CC2)nc(C)n1. The molecule has 0 amide bonds. The maximum Gasteiger partial charge on any atom is 0.130 e. The molecule has 1 saturated heterocycles. The highest BCUT2D eigenvalue weighted by Gasteiger charge is 2.26. The van der Waals surface area contributed by atoms with Gasteiger partial charge in [-0.15, -0.1) is 0 Å². The summed E-state index contributed by atoms with van der Waals surface area (Å²) in [7, 11) is 0. The number of piperidine rings is 1. The van der Waals surface area contributed by atoms with Crippen molar-refractivity contribution in [2.45, 2.75) is 77.3 Å². The monoisotopic (exact) mass is 302 g/mol. The Morgan fingerprint density at radius 3 is 2.50 bits per heavy atom. The third kappa shape index (κ3) is 3.97. The first kappa shape index (κ1) is 15.7. The van der Waals surface area contributed by atoms with E-state index in [1.165, 1.54) is 58.0 Å². The van der Waals surface area contributed by atoms with E-state index >= 15 is 0 Å². The van der Waals surface area contributed by atoms with Gasteiger partial charge in [0.2, 0.25) is 0 Å². The molecule has 1 aliphatic carbocycles. The maximum absolute atomic E-state index is 4.55. The first-order valence-corrected chi connectivity index (χ1v) is 9.09. The smallest absolute Gasteiger partial charge is 0.130 e. The molecule has 2 heterocycles. The van der Waals surface area contributed by atoms with Crippen molar-refractivity contribution in [2.24, 2.45) is 0 Å². The van der Waals surface area contributed by atoms with Crippen molar-refractivity contribution in [1.82, 2.24) is 14.9 Å². The first-order chi connectivity index (χ1) is 10.7. The summed E-state index contributed by atoms with van der Waals surface area (Å²) in [6, 6.07) is 3.54. The van der Waals surface area contributed by atoms with Crippen molar-refractivity contribution in [3.63, 3.8) is 0 Å². The molecular weight excluding hydrogens is 272 g/mol. The zero-order chi connectivity index (χ0) is 15.4. The highest BCUT2D eigenvalue weighted by molar-refractivity contribution is 5.37. The largest absolute Gasteiger partial charge is 0.367 e. The molecule has 0 atom stereocenters. The van der Waals surface area contributed by atoms with Crippen LogP contribution in [0, 0.1) is 6.92 Å². The van der Waals surface area contributed by atoms with E-state index in [4.69, 9.17) is 0 Å². The van der Waals surface area contributed by atoms with Crippen LogP contribution in [0.1, 0.15) is 63.4 Å². The maximum atomic E-state index is 4.55. The number of aromatic nitrogens is 2. The van der Waals surface area contributed by atoms with E-state index in [1.54, 1.807) is 0 Å². The quantitative estimate of drug-likeness (QED) is 0.923. The number of likely N-dealkylation sites (tertiary alicyclic amines) is 1. The van der Waals surface area contributed by atoms with Gasteiger partial charge in [0.15, 0.2) is 0 Å². The first-order valence-electron chi connectivity index (χ1n) is 9.09. The number of hydrogen-bond acceptors (Lipinski definition) is 4. The highest BCUT2D eigenvalue weighted by Crippen LogP contribution is 2.26. The molecule has 0 unspecified atom stereocenters. The summed E-state index contributed by atoms with van der Waals surface area (Å²) in [5.74, 6) is 1.89. The molecule has 0 spiro atoms. The topological polar surface area (TPSA) is 41.0 Å². The van der Waals surface area contributed by atoms with Gasteiger partial charge < -0.3 is 10.2 Å². The third-order valence-corrected chi connectivity index (χ3v) is 5.23. The summed E-state index contributed by atoms with van der Waals surface area (Å²) in [4.78, 5) is 11.7. The van der Waals surface area contributed by atoms with Crippen LogP contribution in [-0.4, -0.2) is 40.0 Å². The van der Waals surface area contributed by atoms with Crippen LogP contribution in [0.3, 0.4) is 0 Å². The van der Waals surface area contributed by atoms with Crippen molar-refractivity contribution < 1.29 is 0 Å². The zero-order valence-electron chi connectivity index (χ0n) is 14.1. The lowest BCUT2D eigenvalue weighted by molar-refractivity contribution is 0.126. The summed E-state index contributed by atoms with van der Waals surface area (Å²) in [5.41, 5.74) is 1.13. The number of hydrogen-bond donors (Lipinski definition) is 1. The zero-order valence-corrected chi connectivity index (χ0v) is 14.1. The Kier molecular flexibility index (Phi) is 5.29. The van der Waals surface area contributed by atoms with Crippen LogP contribution in [0.5, 0.6) is 0 Å². The molecule has 2 fully saturated rings. The van der Waals surface area contributed by atoms with Gasteiger partial charge in [-0.25, -0.2) is 9.97 Å². The fraction of sp³-hybridized carbons (Fsp3) is 0.778. The van der Waals surface area contributed by atoms with Crippen LogP contribution in [0.15, 0.2) is 6.07 Å². The Bertz CT molecular complexity index is 474. The van der Waals surface area contributed by atoms with Gasteiger partial charge in [-0.05, 0) is 39.0 Å². The molecule has 0 bridgehead atoms. The van der Waals surface area contributed by atoms with E-state index < -0.39 is 0 Å². The molecule has 1 N–H and O–H groups in total. The Morgan fingerprint density at radius 2 is 1.82 bits per heavy atom. The summed E-state index contributed by atoms with van der Waals surface area (Å²) in [5, 5.41) is 3.64. The van der Waals surface area contributed by atoms with Crippen LogP contribution in [0.4, 0.5) is 5.82 Å². The summed E-state index contributed by atoms with van der Waals surface area (Å²) >= 11 is 0. The fourth-order valence-corrected chi connectivity index (χ4v) is 3.95. The molecular formula is C18H30N4. The van der Waals surface area contributed by atoms with Crippen molar-refractivity contribution in [3.05, 3.63) is 17.6 Å². The molecule has 122 valence electrons. The van der Waals surface area contributed by atoms with Gasteiger partial charge in [-0.3, -0.25) is 0 Å². The molecule has 1 aromatic rings. The van der Waals surface area contributed by atoms with Crippen LogP contribution < -0.4 is 5.32 Å². The lowest BCUT2D eigenvalue weighted by atomic mass is 9.92. The Balaban J connectivity index is 1.52. The molecule has 1 saturated carbocycles. The van der Waals surface area contributed by atoms with E-state index in [0.717, 1.165) is 29.8 Å². The van der Waals surface area contributed by atoms with Crippen LogP contribution in [0.25, 0.3) is 0 Å². The molecule has 4 heteroatoms. The summed E-state index contributed by atoms with van der Waals surface area (Å²) < 4.78 is 0. The second kappa shape index (κ2) is 7.40. The van der Waals surface area contributed by atoms with E-state index in [9.17, 15) is 0 Å². The molecule has 22 heavy (non-hydrogen) atoms. The van der Waals surface area contributed by atoms with E-state index in [-0.39, 0.29) is 0 Å². The van der Waals surface area contributed by atoms with E-state index in [2.05, 4.69) is 33.2 Å². The van der Waals surface area contributed by atoms with Crippen LogP contribution >= 0.6 is 0 Å². The lowest BCUT2D eigenvalue weighted by Gasteiger charge is -2.39. The van der Waals surface area contributed by atoms with E-state index in [1.807, 2.05) is 6.92 Å². The minimum Gasteiger partial charge on any atom is -0.367 e.